The van der Waals surface area contributed by atoms with Crippen LogP contribution < -0.4 is 5.56 Å². The predicted octanol–water partition coefficient (Wildman–Crippen LogP) is 4.19. The van der Waals surface area contributed by atoms with Gasteiger partial charge < -0.3 is 4.42 Å². The van der Waals surface area contributed by atoms with E-state index in [0.717, 1.165) is 11.1 Å². The Labute approximate surface area is 164 Å². The van der Waals surface area contributed by atoms with Gasteiger partial charge in [0.2, 0.25) is 5.89 Å². The molecule has 0 aliphatic heterocycles. The van der Waals surface area contributed by atoms with Gasteiger partial charge in [-0.15, -0.1) is 11.3 Å². The predicted molar refractivity (Wildman–Crippen MR) is 107 cm³/mol. The van der Waals surface area contributed by atoms with Gasteiger partial charge in [0, 0.05) is 23.1 Å². The Hall–Kier alpha value is -3.38. The van der Waals surface area contributed by atoms with Crippen LogP contribution in [0.5, 0.6) is 0 Å². The van der Waals surface area contributed by atoms with Gasteiger partial charge in [-0.2, -0.15) is 4.98 Å². The van der Waals surface area contributed by atoms with Crippen LogP contribution in [-0.4, -0.2) is 17.1 Å². The molecule has 0 aliphatic rings. The smallest absolute Gasteiger partial charge is 0.284 e. The minimum absolute atomic E-state index is 0.157. The van der Waals surface area contributed by atoms with Gasteiger partial charge in [-0.25, -0.2) is 0 Å². The maximum Gasteiger partial charge on any atom is 0.284 e. The molecule has 4 aromatic rings. The van der Waals surface area contributed by atoms with E-state index in [1.807, 2.05) is 24.4 Å². The van der Waals surface area contributed by atoms with Gasteiger partial charge in [0.05, 0.1) is 5.39 Å². The number of aromatic nitrogens is 1. The summed E-state index contributed by atoms with van der Waals surface area (Å²) in [6.45, 7) is 1.86. The standard InChI is InChI=1S/C22H15NO4S/c1-13-12-28-22-19(13)21(26)23-18(27-22)10-14-5-7-16(8-6-14)20(25)17-4-2-3-15(9-17)11-24/h2-9,11-12H,10H2,1H3. The molecule has 0 spiro atoms. The van der Waals surface area contributed by atoms with Crippen LogP contribution in [0, 0.1) is 6.92 Å². The lowest BCUT2D eigenvalue weighted by molar-refractivity contribution is 0.103. The summed E-state index contributed by atoms with van der Waals surface area (Å²) < 4.78 is 5.75. The highest BCUT2D eigenvalue weighted by Gasteiger charge is 2.13. The monoisotopic (exact) mass is 389 g/mol. The summed E-state index contributed by atoms with van der Waals surface area (Å²) in [5, 5.41) is 2.41. The molecule has 138 valence electrons. The molecule has 0 saturated heterocycles. The molecule has 2 aromatic carbocycles. The van der Waals surface area contributed by atoms with E-state index in [2.05, 4.69) is 4.98 Å². The number of ketones is 1. The third-order valence-corrected chi connectivity index (χ3v) is 5.42. The number of rotatable bonds is 5. The molecular weight excluding hydrogens is 374 g/mol. The fourth-order valence-electron chi connectivity index (χ4n) is 2.99. The zero-order valence-corrected chi connectivity index (χ0v) is 15.8. The molecule has 0 fully saturated rings. The van der Waals surface area contributed by atoms with Crippen molar-refractivity contribution in [2.24, 2.45) is 0 Å². The molecule has 0 saturated carbocycles. The van der Waals surface area contributed by atoms with Gasteiger partial charge in [-0.05, 0) is 29.5 Å². The number of carbonyl (C=O) groups is 2. The number of carbonyl (C=O) groups excluding carboxylic acids is 2. The number of aryl methyl sites for hydroxylation is 1. The highest BCUT2D eigenvalue weighted by Crippen LogP contribution is 2.23. The van der Waals surface area contributed by atoms with Gasteiger partial charge in [-0.1, -0.05) is 42.5 Å². The van der Waals surface area contributed by atoms with Gasteiger partial charge in [-0.3, -0.25) is 14.4 Å². The number of hydrogen-bond acceptors (Lipinski definition) is 6. The number of hydrogen-bond donors (Lipinski definition) is 0. The molecule has 0 bridgehead atoms. The first-order valence-corrected chi connectivity index (χ1v) is 9.50. The van der Waals surface area contributed by atoms with Crippen molar-refractivity contribution >= 4 is 33.7 Å². The lowest BCUT2D eigenvalue weighted by atomic mass is 10.00. The molecule has 0 atom stereocenters. The van der Waals surface area contributed by atoms with Crippen LogP contribution in [0.15, 0.2) is 63.1 Å². The van der Waals surface area contributed by atoms with Crippen LogP contribution in [0.3, 0.4) is 0 Å². The summed E-state index contributed by atoms with van der Waals surface area (Å²) in [4.78, 5) is 40.3. The first-order chi connectivity index (χ1) is 13.5. The zero-order chi connectivity index (χ0) is 19.7. The van der Waals surface area contributed by atoms with Gasteiger partial charge in [0.1, 0.15) is 6.29 Å². The average molecular weight is 389 g/mol. The summed E-state index contributed by atoms with van der Waals surface area (Å²) >= 11 is 1.38. The molecule has 5 nitrogen and oxygen atoms in total. The quantitative estimate of drug-likeness (QED) is 0.378. The highest BCUT2D eigenvalue weighted by molar-refractivity contribution is 7.16. The van der Waals surface area contributed by atoms with E-state index in [4.69, 9.17) is 4.42 Å². The first kappa shape index (κ1) is 18.0. The normalized spacial score (nSPS) is 10.9. The van der Waals surface area contributed by atoms with Crippen molar-refractivity contribution in [1.82, 2.24) is 4.98 Å². The molecule has 28 heavy (non-hydrogen) atoms. The second-order valence-corrected chi connectivity index (χ2v) is 7.28. The number of nitrogens with zero attached hydrogens (tertiary/aromatic N) is 1. The number of thiophene rings is 1. The summed E-state index contributed by atoms with van der Waals surface area (Å²) in [6.07, 6.45) is 1.07. The number of aldehydes is 1. The number of fused-ring (bicyclic) bond motifs is 1. The Morgan fingerprint density at radius 2 is 1.93 bits per heavy atom. The van der Waals surface area contributed by atoms with Crippen molar-refractivity contribution in [3.63, 3.8) is 0 Å². The van der Waals surface area contributed by atoms with Crippen molar-refractivity contribution in [2.45, 2.75) is 13.3 Å². The molecule has 6 heteroatoms. The fourth-order valence-corrected chi connectivity index (χ4v) is 3.91. The van der Waals surface area contributed by atoms with Crippen molar-refractivity contribution in [1.29, 1.82) is 0 Å². The zero-order valence-electron chi connectivity index (χ0n) is 15.0. The van der Waals surface area contributed by atoms with E-state index in [1.54, 1.807) is 36.4 Å². The third-order valence-electron chi connectivity index (χ3n) is 4.45. The molecule has 0 unspecified atom stereocenters. The van der Waals surface area contributed by atoms with Crippen molar-refractivity contribution in [3.8, 4) is 0 Å². The van der Waals surface area contributed by atoms with E-state index in [0.29, 0.717) is 45.6 Å². The maximum atomic E-state index is 12.6. The molecule has 2 aromatic heterocycles. The van der Waals surface area contributed by atoms with Crippen LogP contribution in [0.4, 0.5) is 0 Å². The molecule has 0 amide bonds. The summed E-state index contributed by atoms with van der Waals surface area (Å²) in [5.74, 6) is 0.187. The summed E-state index contributed by atoms with van der Waals surface area (Å²) in [7, 11) is 0. The Morgan fingerprint density at radius 1 is 1.14 bits per heavy atom. The van der Waals surface area contributed by atoms with Crippen LogP contribution in [0.2, 0.25) is 0 Å². The Morgan fingerprint density at radius 3 is 2.68 bits per heavy atom. The van der Waals surface area contributed by atoms with Gasteiger partial charge >= 0.3 is 0 Å². The van der Waals surface area contributed by atoms with E-state index in [1.165, 1.54) is 11.3 Å². The van der Waals surface area contributed by atoms with E-state index >= 15 is 0 Å². The van der Waals surface area contributed by atoms with E-state index in [-0.39, 0.29) is 11.3 Å². The average Bonchev–Trinajstić information content (AvgIpc) is 3.09. The Bertz CT molecular complexity index is 1250. The molecule has 0 aliphatic carbocycles. The van der Waals surface area contributed by atoms with Crippen molar-refractivity contribution < 1.29 is 14.0 Å². The highest BCUT2D eigenvalue weighted by atomic mass is 32.1. The third kappa shape index (κ3) is 3.42. The van der Waals surface area contributed by atoms with Crippen LogP contribution in [0.25, 0.3) is 10.3 Å². The first-order valence-electron chi connectivity index (χ1n) is 8.62. The molecule has 0 N–H and O–H groups in total. The summed E-state index contributed by atoms with van der Waals surface area (Å²) in [6, 6.07) is 13.6. The van der Waals surface area contributed by atoms with Crippen molar-refractivity contribution in [2.75, 3.05) is 0 Å². The van der Waals surface area contributed by atoms with Gasteiger partial charge in [0.15, 0.2) is 10.7 Å². The second kappa shape index (κ2) is 7.32. The van der Waals surface area contributed by atoms with E-state index in [9.17, 15) is 14.4 Å². The minimum Gasteiger partial charge on any atom is -0.431 e. The van der Waals surface area contributed by atoms with Crippen LogP contribution >= 0.6 is 11.3 Å². The molecule has 4 rings (SSSR count). The molecule has 2 heterocycles. The maximum absolute atomic E-state index is 12.6. The topological polar surface area (TPSA) is 77.2 Å². The molecular formula is C22H15NO4S. The van der Waals surface area contributed by atoms with Crippen molar-refractivity contribution in [3.05, 3.63) is 98.0 Å². The second-order valence-electron chi connectivity index (χ2n) is 6.44. The SMILES string of the molecule is Cc1csc2oc(Cc3ccc(C(=O)c4cccc(C=O)c4)cc3)nc(=O)c12. The largest absolute Gasteiger partial charge is 0.431 e. The lowest BCUT2D eigenvalue weighted by Crippen LogP contribution is -2.09. The van der Waals surface area contributed by atoms with Crippen LogP contribution in [-0.2, 0) is 6.42 Å². The molecule has 0 radical (unpaired) electrons. The number of benzene rings is 2. The Kier molecular flexibility index (Phi) is 4.71. The van der Waals surface area contributed by atoms with E-state index < -0.39 is 0 Å². The van der Waals surface area contributed by atoms with Crippen LogP contribution in [0.1, 0.15) is 43.3 Å². The summed E-state index contributed by atoms with van der Waals surface area (Å²) in [5.41, 5.74) is 2.91. The minimum atomic E-state index is -0.281. The Balaban J connectivity index is 1.57. The fraction of sp³-hybridized carbons (Fsp3) is 0.0909. The van der Waals surface area contributed by atoms with Gasteiger partial charge in [0.25, 0.3) is 5.56 Å². The lowest BCUT2D eigenvalue weighted by Gasteiger charge is -2.04.